The van der Waals surface area contributed by atoms with E-state index in [4.69, 9.17) is 14.2 Å². The smallest absolute Gasteiger partial charge is 0.161 e. The fourth-order valence-corrected chi connectivity index (χ4v) is 3.35. The van der Waals surface area contributed by atoms with E-state index in [0.29, 0.717) is 5.75 Å². The maximum absolute atomic E-state index is 5.46. The minimum atomic E-state index is 0.709. The zero-order valence-corrected chi connectivity index (χ0v) is 16.4. The van der Waals surface area contributed by atoms with E-state index in [9.17, 15) is 0 Å². The SMILES string of the molecule is CCc1c(-c2ccc(OC)c(OC)c2)ncn1CCc1ccccc1OC. The maximum atomic E-state index is 5.46. The van der Waals surface area contributed by atoms with Crippen LogP contribution in [0.4, 0.5) is 0 Å². The molecule has 5 heteroatoms. The minimum Gasteiger partial charge on any atom is -0.496 e. The number of para-hydroxylation sites is 1. The number of hydrogen-bond donors (Lipinski definition) is 0. The third-order valence-corrected chi connectivity index (χ3v) is 4.75. The Balaban J connectivity index is 1.87. The van der Waals surface area contributed by atoms with Gasteiger partial charge in [-0.2, -0.15) is 0 Å². The third kappa shape index (κ3) is 3.92. The summed E-state index contributed by atoms with van der Waals surface area (Å²) >= 11 is 0. The van der Waals surface area contributed by atoms with Gasteiger partial charge in [-0.1, -0.05) is 25.1 Å². The van der Waals surface area contributed by atoms with Crippen molar-refractivity contribution in [2.75, 3.05) is 21.3 Å². The van der Waals surface area contributed by atoms with Crippen molar-refractivity contribution < 1.29 is 14.2 Å². The fraction of sp³-hybridized carbons (Fsp3) is 0.318. The molecule has 27 heavy (non-hydrogen) atoms. The van der Waals surface area contributed by atoms with Crippen molar-refractivity contribution in [3.8, 4) is 28.5 Å². The van der Waals surface area contributed by atoms with Gasteiger partial charge in [-0.25, -0.2) is 4.98 Å². The lowest BCUT2D eigenvalue weighted by Crippen LogP contribution is -2.05. The van der Waals surface area contributed by atoms with Crippen LogP contribution in [0.1, 0.15) is 18.2 Å². The van der Waals surface area contributed by atoms with Gasteiger partial charge >= 0.3 is 0 Å². The van der Waals surface area contributed by atoms with Crippen LogP contribution in [-0.4, -0.2) is 30.9 Å². The molecule has 0 saturated carbocycles. The largest absolute Gasteiger partial charge is 0.496 e. The van der Waals surface area contributed by atoms with Crippen LogP contribution in [0.5, 0.6) is 17.2 Å². The van der Waals surface area contributed by atoms with Crippen LogP contribution in [0, 0.1) is 0 Å². The lowest BCUT2D eigenvalue weighted by molar-refractivity contribution is 0.355. The van der Waals surface area contributed by atoms with Crippen molar-refractivity contribution in [3.05, 3.63) is 60.0 Å². The molecule has 0 unspecified atom stereocenters. The number of aromatic nitrogens is 2. The number of methoxy groups -OCH3 is 3. The van der Waals surface area contributed by atoms with Gasteiger partial charge in [0, 0.05) is 17.8 Å². The monoisotopic (exact) mass is 366 g/mol. The Labute approximate surface area is 160 Å². The summed E-state index contributed by atoms with van der Waals surface area (Å²) in [5, 5.41) is 0. The van der Waals surface area contributed by atoms with Gasteiger partial charge < -0.3 is 18.8 Å². The average Bonchev–Trinajstić information content (AvgIpc) is 3.14. The Bertz CT molecular complexity index is 902. The maximum Gasteiger partial charge on any atom is 0.161 e. The van der Waals surface area contributed by atoms with E-state index in [1.54, 1.807) is 21.3 Å². The molecule has 3 aromatic rings. The summed E-state index contributed by atoms with van der Waals surface area (Å²) in [5.74, 6) is 2.35. The van der Waals surface area contributed by atoms with Gasteiger partial charge in [-0.15, -0.1) is 0 Å². The molecule has 2 aromatic carbocycles. The Kier molecular flexibility index (Phi) is 6.01. The summed E-state index contributed by atoms with van der Waals surface area (Å²) in [5.41, 5.74) is 4.42. The molecule has 142 valence electrons. The van der Waals surface area contributed by atoms with Crippen molar-refractivity contribution in [3.63, 3.8) is 0 Å². The number of hydrogen-bond acceptors (Lipinski definition) is 4. The normalized spacial score (nSPS) is 10.7. The average molecular weight is 366 g/mol. The number of ether oxygens (including phenoxy) is 3. The predicted molar refractivity (Wildman–Crippen MR) is 107 cm³/mol. The fourth-order valence-electron chi connectivity index (χ4n) is 3.35. The first kappa shape index (κ1) is 18.8. The lowest BCUT2D eigenvalue weighted by atomic mass is 10.1. The molecule has 0 spiro atoms. The van der Waals surface area contributed by atoms with Crippen molar-refractivity contribution in [2.24, 2.45) is 0 Å². The van der Waals surface area contributed by atoms with Gasteiger partial charge in [0.25, 0.3) is 0 Å². The lowest BCUT2D eigenvalue weighted by Gasteiger charge is -2.12. The molecule has 0 bridgehead atoms. The number of benzene rings is 2. The number of rotatable bonds is 8. The molecule has 3 rings (SSSR count). The summed E-state index contributed by atoms with van der Waals surface area (Å²) in [4.78, 5) is 4.68. The molecule has 0 saturated heterocycles. The van der Waals surface area contributed by atoms with Gasteiger partial charge in [0.2, 0.25) is 0 Å². The number of nitrogens with zero attached hydrogens (tertiary/aromatic N) is 2. The van der Waals surface area contributed by atoms with Gasteiger partial charge in [-0.3, -0.25) is 0 Å². The summed E-state index contributed by atoms with van der Waals surface area (Å²) in [6.07, 6.45) is 3.70. The predicted octanol–water partition coefficient (Wildman–Crippen LogP) is 4.38. The first-order valence-electron chi connectivity index (χ1n) is 9.10. The molecule has 1 aromatic heterocycles. The van der Waals surface area contributed by atoms with Crippen LogP contribution >= 0.6 is 0 Å². The molecule has 0 amide bonds. The van der Waals surface area contributed by atoms with Crippen molar-refractivity contribution in [1.82, 2.24) is 9.55 Å². The molecule has 0 N–H and O–H groups in total. The molecule has 0 aliphatic carbocycles. The second kappa shape index (κ2) is 8.62. The van der Waals surface area contributed by atoms with E-state index in [1.165, 1.54) is 11.3 Å². The highest BCUT2D eigenvalue weighted by Crippen LogP contribution is 2.33. The second-order valence-electron chi connectivity index (χ2n) is 6.22. The molecule has 0 atom stereocenters. The van der Waals surface area contributed by atoms with E-state index in [1.807, 2.05) is 42.7 Å². The topological polar surface area (TPSA) is 45.5 Å². The first-order valence-corrected chi connectivity index (χ1v) is 9.10. The van der Waals surface area contributed by atoms with Gasteiger partial charge in [0.05, 0.1) is 33.4 Å². The summed E-state index contributed by atoms with van der Waals surface area (Å²) in [7, 11) is 5.00. The summed E-state index contributed by atoms with van der Waals surface area (Å²) < 4.78 is 18.5. The Hall–Kier alpha value is -2.95. The molecule has 0 fully saturated rings. The van der Waals surface area contributed by atoms with Crippen molar-refractivity contribution in [2.45, 2.75) is 26.3 Å². The molecular formula is C22H26N2O3. The van der Waals surface area contributed by atoms with Gasteiger partial charge in [0.15, 0.2) is 11.5 Å². The summed E-state index contributed by atoms with van der Waals surface area (Å²) in [6.45, 7) is 3.00. The highest BCUT2D eigenvalue weighted by molar-refractivity contribution is 5.66. The molecule has 0 aliphatic rings. The van der Waals surface area contributed by atoms with E-state index >= 15 is 0 Å². The van der Waals surface area contributed by atoms with Gasteiger partial charge in [0.1, 0.15) is 5.75 Å². The van der Waals surface area contributed by atoms with E-state index in [-0.39, 0.29) is 0 Å². The Morgan fingerprint density at radius 2 is 1.63 bits per heavy atom. The van der Waals surface area contributed by atoms with E-state index < -0.39 is 0 Å². The van der Waals surface area contributed by atoms with E-state index in [2.05, 4.69) is 22.5 Å². The van der Waals surface area contributed by atoms with Crippen LogP contribution in [0.25, 0.3) is 11.3 Å². The Morgan fingerprint density at radius 3 is 2.33 bits per heavy atom. The highest BCUT2D eigenvalue weighted by atomic mass is 16.5. The number of imidazole rings is 1. The second-order valence-corrected chi connectivity index (χ2v) is 6.22. The van der Waals surface area contributed by atoms with Crippen LogP contribution in [0.15, 0.2) is 48.8 Å². The zero-order valence-electron chi connectivity index (χ0n) is 16.4. The summed E-state index contributed by atoms with van der Waals surface area (Å²) in [6, 6.07) is 14.1. The van der Waals surface area contributed by atoms with Crippen LogP contribution in [-0.2, 0) is 19.4 Å². The zero-order chi connectivity index (χ0) is 19.2. The van der Waals surface area contributed by atoms with Crippen molar-refractivity contribution in [1.29, 1.82) is 0 Å². The minimum absolute atomic E-state index is 0.709. The van der Waals surface area contributed by atoms with Crippen LogP contribution in [0.2, 0.25) is 0 Å². The van der Waals surface area contributed by atoms with Crippen LogP contribution in [0.3, 0.4) is 0 Å². The number of aryl methyl sites for hydroxylation is 2. The van der Waals surface area contributed by atoms with Gasteiger partial charge in [-0.05, 0) is 42.7 Å². The van der Waals surface area contributed by atoms with E-state index in [0.717, 1.165) is 42.1 Å². The molecular weight excluding hydrogens is 340 g/mol. The highest BCUT2D eigenvalue weighted by Gasteiger charge is 2.14. The molecule has 0 radical (unpaired) electrons. The standard InChI is InChI=1S/C22H26N2O3/c1-5-18-22(17-10-11-20(26-3)21(14-17)27-4)23-15-24(18)13-12-16-8-6-7-9-19(16)25-2/h6-11,14-15H,5,12-13H2,1-4H3. The quantitative estimate of drug-likeness (QED) is 0.593. The van der Waals surface area contributed by atoms with Crippen LogP contribution < -0.4 is 14.2 Å². The molecule has 5 nitrogen and oxygen atoms in total. The molecule has 0 aliphatic heterocycles. The molecule has 1 heterocycles. The first-order chi connectivity index (χ1) is 13.2. The van der Waals surface area contributed by atoms with Crippen molar-refractivity contribution >= 4 is 0 Å². The third-order valence-electron chi connectivity index (χ3n) is 4.75. The Morgan fingerprint density at radius 1 is 0.889 bits per heavy atom.